The summed E-state index contributed by atoms with van der Waals surface area (Å²) < 4.78 is 37.4. The van der Waals surface area contributed by atoms with Crippen LogP contribution in [0.5, 0.6) is 0 Å². The van der Waals surface area contributed by atoms with E-state index in [0.717, 1.165) is 45.2 Å². The molecular formula is C42H87N3O6. The fourth-order valence-corrected chi connectivity index (χ4v) is 6.05. The molecule has 0 heterocycles. The Labute approximate surface area is 316 Å². The average Bonchev–Trinajstić information content (AvgIpc) is 2.95. The summed E-state index contributed by atoms with van der Waals surface area (Å²) >= 11 is 0. The van der Waals surface area contributed by atoms with Crippen molar-refractivity contribution in [1.29, 1.82) is 0 Å². The van der Waals surface area contributed by atoms with E-state index in [4.69, 9.17) is 28.4 Å². The third-order valence-corrected chi connectivity index (χ3v) is 10.5. The molecule has 1 aliphatic rings. The van der Waals surface area contributed by atoms with Crippen LogP contribution < -0.4 is 16.0 Å². The van der Waals surface area contributed by atoms with Gasteiger partial charge in [0.1, 0.15) is 0 Å². The van der Waals surface area contributed by atoms with E-state index in [1.165, 1.54) is 0 Å². The number of hydrogen-bond acceptors (Lipinski definition) is 9. The van der Waals surface area contributed by atoms with Crippen LogP contribution in [0.15, 0.2) is 0 Å². The molecule has 9 nitrogen and oxygen atoms in total. The number of hydrogen-bond donors (Lipinski definition) is 3. The van der Waals surface area contributed by atoms with Crippen molar-refractivity contribution in [1.82, 2.24) is 16.0 Å². The summed E-state index contributed by atoms with van der Waals surface area (Å²) in [5.74, 6) is 0. The summed E-state index contributed by atoms with van der Waals surface area (Å²) in [6.45, 7) is 43.6. The normalized spacial score (nSPS) is 19.3. The van der Waals surface area contributed by atoms with Crippen molar-refractivity contribution in [2.75, 3.05) is 72.6 Å². The Bertz CT molecular complexity index is 900. The molecule has 306 valence electrons. The van der Waals surface area contributed by atoms with Crippen molar-refractivity contribution >= 4 is 0 Å². The maximum atomic E-state index is 6.81. The van der Waals surface area contributed by atoms with Crippen LogP contribution in [0.25, 0.3) is 0 Å². The highest BCUT2D eigenvalue weighted by Gasteiger charge is 2.46. The molecule has 0 amide bonds. The molecule has 9 heteroatoms. The Kier molecular flexibility index (Phi) is 21.2. The summed E-state index contributed by atoms with van der Waals surface area (Å²) in [5.41, 5.74) is -0.0372. The van der Waals surface area contributed by atoms with E-state index < -0.39 is 0 Å². The van der Waals surface area contributed by atoms with Gasteiger partial charge >= 0.3 is 0 Å². The fourth-order valence-electron chi connectivity index (χ4n) is 6.05. The lowest BCUT2D eigenvalue weighted by atomic mass is 9.62. The van der Waals surface area contributed by atoms with Gasteiger partial charge < -0.3 is 44.4 Å². The van der Waals surface area contributed by atoms with E-state index in [1.54, 1.807) is 0 Å². The molecule has 0 spiro atoms. The second kappa shape index (κ2) is 22.3. The zero-order valence-electron chi connectivity index (χ0n) is 36.6. The highest BCUT2D eigenvalue weighted by Crippen LogP contribution is 2.47. The first-order chi connectivity index (χ1) is 23.3. The zero-order chi connectivity index (χ0) is 39.0. The maximum Gasteiger partial charge on any atom is 0.0704 e. The highest BCUT2D eigenvalue weighted by molar-refractivity contribution is 4.96. The molecule has 1 saturated carbocycles. The van der Waals surface area contributed by atoms with E-state index in [1.807, 2.05) is 0 Å². The molecule has 1 rings (SSSR count). The Morgan fingerprint density at radius 1 is 0.569 bits per heavy atom. The van der Waals surface area contributed by atoms with Gasteiger partial charge in [0.2, 0.25) is 0 Å². The van der Waals surface area contributed by atoms with Crippen LogP contribution in [0, 0.1) is 16.2 Å². The molecule has 2 atom stereocenters. The molecule has 0 saturated heterocycles. The van der Waals surface area contributed by atoms with Gasteiger partial charge in [0.25, 0.3) is 0 Å². The van der Waals surface area contributed by atoms with Gasteiger partial charge in [-0.05, 0) is 118 Å². The van der Waals surface area contributed by atoms with E-state index in [9.17, 15) is 0 Å². The largest absolute Gasteiger partial charge is 0.380 e. The van der Waals surface area contributed by atoms with Gasteiger partial charge in [0.15, 0.2) is 0 Å². The molecule has 0 aromatic heterocycles. The molecule has 0 unspecified atom stereocenters. The average molecular weight is 730 g/mol. The third-order valence-electron chi connectivity index (χ3n) is 10.5. The summed E-state index contributed by atoms with van der Waals surface area (Å²) in [5, 5.41) is 10.6. The lowest BCUT2D eigenvalue weighted by Crippen LogP contribution is -2.52. The van der Waals surface area contributed by atoms with Crippen LogP contribution in [0.3, 0.4) is 0 Å². The van der Waals surface area contributed by atoms with Crippen LogP contribution in [-0.2, 0) is 28.4 Å². The predicted molar refractivity (Wildman–Crippen MR) is 214 cm³/mol. The van der Waals surface area contributed by atoms with E-state index in [2.05, 4.69) is 127 Å². The first-order valence-electron chi connectivity index (χ1n) is 20.2. The van der Waals surface area contributed by atoms with Crippen LogP contribution in [0.4, 0.5) is 0 Å². The summed E-state index contributed by atoms with van der Waals surface area (Å²) in [7, 11) is 0. The van der Waals surface area contributed by atoms with Crippen molar-refractivity contribution in [2.45, 2.75) is 184 Å². The van der Waals surface area contributed by atoms with Gasteiger partial charge in [-0.1, -0.05) is 41.5 Å². The SMILES string of the molecule is C[C@@H](OCCCOCCNC(C)(C)C)C(C)(C)C[C@H](OCCCOCCNC(C)(C)C)C(C)(C)C(C)(C)COCCOC1CC(NC(C)(C)C)C1. The van der Waals surface area contributed by atoms with E-state index >= 15 is 0 Å². The van der Waals surface area contributed by atoms with Crippen LogP contribution in [0.2, 0.25) is 0 Å². The van der Waals surface area contributed by atoms with Crippen molar-refractivity contribution < 1.29 is 28.4 Å². The van der Waals surface area contributed by atoms with Gasteiger partial charge in [0.05, 0.1) is 51.3 Å². The monoisotopic (exact) mass is 730 g/mol. The maximum absolute atomic E-state index is 6.81. The van der Waals surface area contributed by atoms with Crippen molar-refractivity contribution in [2.24, 2.45) is 16.2 Å². The predicted octanol–water partition coefficient (Wildman–Crippen LogP) is 7.79. The lowest BCUT2D eigenvalue weighted by Gasteiger charge is -2.49. The molecular weight excluding hydrogens is 642 g/mol. The molecule has 0 aromatic carbocycles. The molecule has 1 fully saturated rings. The van der Waals surface area contributed by atoms with Crippen LogP contribution in [-0.4, -0.2) is 114 Å². The topological polar surface area (TPSA) is 91.5 Å². The molecule has 3 N–H and O–H groups in total. The fraction of sp³-hybridized carbons (Fsp3) is 1.00. The van der Waals surface area contributed by atoms with Gasteiger partial charge in [-0.15, -0.1) is 0 Å². The summed E-state index contributed by atoms with van der Waals surface area (Å²) in [4.78, 5) is 0. The smallest absolute Gasteiger partial charge is 0.0704 e. The van der Waals surface area contributed by atoms with Gasteiger partial charge in [-0.3, -0.25) is 0 Å². The second-order valence-electron chi connectivity index (χ2n) is 20.1. The van der Waals surface area contributed by atoms with Crippen molar-refractivity contribution in [3.8, 4) is 0 Å². The minimum absolute atomic E-state index is 0.0110. The number of rotatable bonds is 28. The second-order valence-corrected chi connectivity index (χ2v) is 20.1. The lowest BCUT2D eigenvalue weighted by molar-refractivity contribution is -0.138. The molecule has 0 aliphatic heterocycles. The minimum Gasteiger partial charge on any atom is -0.380 e. The minimum atomic E-state index is -0.170. The number of nitrogens with one attached hydrogen (secondary N) is 3. The Morgan fingerprint density at radius 3 is 1.57 bits per heavy atom. The van der Waals surface area contributed by atoms with Crippen LogP contribution >= 0.6 is 0 Å². The molecule has 51 heavy (non-hydrogen) atoms. The standard InChI is InChI=1S/C42H87N3O6/c1-33(49-23-17-21-46-25-19-43-37(2,3)4)40(11,12)31-36(51-24-18-22-47-26-20-44-38(5,6)7)42(15,16)41(13,14)32-48-27-28-50-35-29-34(30-35)45-39(8,9)10/h33-36,43-45H,17-32H2,1-16H3/t33-,34?,35?,36+/m1/s1. The number of ether oxygens (including phenoxy) is 6. The van der Waals surface area contributed by atoms with Crippen LogP contribution in [0.1, 0.15) is 143 Å². The van der Waals surface area contributed by atoms with E-state index in [-0.39, 0.29) is 45.1 Å². The van der Waals surface area contributed by atoms with E-state index in [0.29, 0.717) is 71.6 Å². The highest BCUT2D eigenvalue weighted by atomic mass is 16.5. The quantitative estimate of drug-likeness (QED) is 0.0699. The Balaban J connectivity index is 2.68. The zero-order valence-corrected chi connectivity index (χ0v) is 36.6. The third kappa shape index (κ3) is 22.0. The van der Waals surface area contributed by atoms with Gasteiger partial charge in [-0.25, -0.2) is 0 Å². The first-order valence-corrected chi connectivity index (χ1v) is 20.2. The van der Waals surface area contributed by atoms with Gasteiger partial charge in [0, 0.05) is 62.2 Å². The van der Waals surface area contributed by atoms with Crippen molar-refractivity contribution in [3.05, 3.63) is 0 Å². The summed E-state index contributed by atoms with van der Waals surface area (Å²) in [6, 6.07) is 0.558. The molecule has 0 radical (unpaired) electrons. The molecule has 0 aromatic rings. The Hall–Kier alpha value is -0.360. The molecule has 0 bridgehead atoms. The Morgan fingerprint density at radius 2 is 1.08 bits per heavy atom. The first kappa shape index (κ1) is 48.7. The van der Waals surface area contributed by atoms with Gasteiger partial charge in [-0.2, -0.15) is 0 Å². The van der Waals surface area contributed by atoms with Crippen molar-refractivity contribution in [3.63, 3.8) is 0 Å². The summed E-state index contributed by atoms with van der Waals surface area (Å²) in [6.07, 6.45) is 5.20. The molecule has 1 aliphatic carbocycles.